The second-order valence-corrected chi connectivity index (χ2v) is 2.15. The van der Waals surface area contributed by atoms with Gasteiger partial charge in [0.2, 0.25) is 0 Å². The summed E-state index contributed by atoms with van der Waals surface area (Å²) in [7, 11) is 0. The Labute approximate surface area is 56.8 Å². The van der Waals surface area contributed by atoms with Crippen molar-refractivity contribution in [1.29, 1.82) is 0 Å². The van der Waals surface area contributed by atoms with Gasteiger partial charge in [0, 0.05) is 0 Å². The van der Waals surface area contributed by atoms with Gasteiger partial charge in [-0.3, -0.25) is 0 Å². The molecule has 0 aromatic heterocycles. The zero-order chi connectivity index (χ0) is 7.11. The molecule has 0 aromatic carbocycles. The Morgan fingerprint density at radius 1 is 1.44 bits per heavy atom. The summed E-state index contributed by atoms with van der Waals surface area (Å²) in [6, 6.07) is 0. The van der Waals surface area contributed by atoms with Crippen LogP contribution in [0.5, 0.6) is 0 Å². The second kappa shape index (κ2) is 5.80. The van der Waals surface area contributed by atoms with Crippen LogP contribution >= 0.6 is 0 Å². The molecule has 0 aliphatic rings. The highest BCUT2D eigenvalue weighted by atomic mass is 19.1. The van der Waals surface area contributed by atoms with Crippen molar-refractivity contribution in [1.82, 2.24) is 0 Å². The fraction of sp³-hybridized carbons (Fsp3) is 0.750. The minimum absolute atomic E-state index is 0.0310. The van der Waals surface area contributed by atoms with Crippen LogP contribution in [0.1, 0.15) is 39.5 Å². The highest BCUT2D eigenvalue weighted by Crippen LogP contribution is 2.05. The quantitative estimate of drug-likeness (QED) is 0.511. The maximum Gasteiger partial charge on any atom is 0.0957 e. The normalized spacial score (nSPS) is 12.1. The monoisotopic (exact) mass is 130 g/mol. The number of hydrogen-bond acceptors (Lipinski definition) is 0. The van der Waals surface area contributed by atoms with Crippen molar-refractivity contribution in [3.63, 3.8) is 0 Å². The molecule has 0 rings (SSSR count). The summed E-state index contributed by atoms with van der Waals surface area (Å²) in [5, 5.41) is 0. The maximum atomic E-state index is 12.3. The fourth-order valence-corrected chi connectivity index (χ4v) is 0.607. The van der Waals surface area contributed by atoms with Crippen molar-refractivity contribution < 1.29 is 4.39 Å². The molecule has 0 N–H and O–H groups in total. The van der Waals surface area contributed by atoms with E-state index in [0.29, 0.717) is 6.42 Å². The third-order valence-corrected chi connectivity index (χ3v) is 1.26. The third kappa shape index (κ3) is 5.54. The molecular weight excluding hydrogens is 115 g/mol. The van der Waals surface area contributed by atoms with Crippen LogP contribution in [0.3, 0.4) is 0 Å². The van der Waals surface area contributed by atoms with Gasteiger partial charge in [-0.1, -0.05) is 26.3 Å². The highest BCUT2D eigenvalue weighted by Gasteiger charge is 1.86. The van der Waals surface area contributed by atoms with Crippen LogP contribution in [0, 0.1) is 0 Å². The predicted molar refractivity (Wildman–Crippen MR) is 39.0 cm³/mol. The first-order chi connectivity index (χ1) is 4.31. The van der Waals surface area contributed by atoms with Crippen molar-refractivity contribution >= 4 is 0 Å². The SMILES string of the molecule is CCCCC=C(F)CC. The summed E-state index contributed by atoms with van der Waals surface area (Å²) < 4.78 is 12.3. The molecule has 0 aromatic rings. The lowest BCUT2D eigenvalue weighted by Crippen LogP contribution is -1.71. The number of unbranched alkanes of at least 4 members (excludes halogenated alkanes) is 2. The Morgan fingerprint density at radius 2 is 2.11 bits per heavy atom. The Balaban J connectivity index is 3.21. The van der Waals surface area contributed by atoms with E-state index < -0.39 is 0 Å². The molecule has 54 valence electrons. The van der Waals surface area contributed by atoms with E-state index in [9.17, 15) is 4.39 Å². The molecule has 0 atom stereocenters. The molecule has 1 heteroatoms. The summed E-state index contributed by atoms with van der Waals surface area (Å²) in [4.78, 5) is 0. The largest absolute Gasteiger partial charge is 0.212 e. The molecule has 0 saturated heterocycles. The smallest absolute Gasteiger partial charge is 0.0957 e. The van der Waals surface area contributed by atoms with Crippen LogP contribution in [0.15, 0.2) is 11.9 Å². The van der Waals surface area contributed by atoms with Gasteiger partial charge in [0.05, 0.1) is 5.83 Å². The second-order valence-electron chi connectivity index (χ2n) is 2.15. The van der Waals surface area contributed by atoms with E-state index in [0.717, 1.165) is 19.3 Å². The van der Waals surface area contributed by atoms with E-state index in [1.165, 1.54) is 0 Å². The van der Waals surface area contributed by atoms with Gasteiger partial charge in [-0.15, -0.1) is 0 Å². The number of halogens is 1. The third-order valence-electron chi connectivity index (χ3n) is 1.26. The zero-order valence-electron chi connectivity index (χ0n) is 6.28. The summed E-state index contributed by atoms with van der Waals surface area (Å²) in [5.41, 5.74) is 0. The van der Waals surface area contributed by atoms with Gasteiger partial charge in [-0.25, -0.2) is 4.39 Å². The van der Waals surface area contributed by atoms with Crippen LogP contribution < -0.4 is 0 Å². The maximum absolute atomic E-state index is 12.3. The Hall–Kier alpha value is -0.330. The molecule has 0 saturated carbocycles. The van der Waals surface area contributed by atoms with Crippen LogP contribution in [-0.2, 0) is 0 Å². The highest BCUT2D eigenvalue weighted by molar-refractivity contribution is 4.89. The lowest BCUT2D eigenvalue weighted by Gasteiger charge is -1.89. The van der Waals surface area contributed by atoms with Gasteiger partial charge in [0.25, 0.3) is 0 Å². The summed E-state index contributed by atoms with van der Waals surface area (Å²) in [6.45, 7) is 3.94. The Morgan fingerprint density at radius 3 is 2.56 bits per heavy atom. The van der Waals surface area contributed by atoms with Crippen molar-refractivity contribution in [2.75, 3.05) is 0 Å². The van der Waals surface area contributed by atoms with E-state index in [4.69, 9.17) is 0 Å². The first-order valence-electron chi connectivity index (χ1n) is 3.65. The van der Waals surface area contributed by atoms with Gasteiger partial charge in [-0.05, 0) is 19.3 Å². The molecule has 0 fully saturated rings. The van der Waals surface area contributed by atoms with Gasteiger partial charge in [0.1, 0.15) is 0 Å². The zero-order valence-corrected chi connectivity index (χ0v) is 6.28. The van der Waals surface area contributed by atoms with Gasteiger partial charge in [-0.2, -0.15) is 0 Å². The fourth-order valence-electron chi connectivity index (χ4n) is 0.607. The first kappa shape index (κ1) is 8.67. The van der Waals surface area contributed by atoms with Crippen LogP contribution in [0.2, 0.25) is 0 Å². The molecule has 0 bridgehead atoms. The van der Waals surface area contributed by atoms with Crippen molar-refractivity contribution in [2.45, 2.75) is 39.5 Å². The molecule has 0 unspecified atom stereocenters. The standard InChI is InChI=1S/C8H15F/c1-3-5-6-7-8(9)4-2/h7H,3-6H2,1-2H3. The van der Waals surface area contributed by atoms with E-state index in [2.05, 4.69) is 6.92 Å². The van der Waals surface area contributed by atoms with Crippen molar-refractivity contribution in [3.8, 4) is 0 Å². The average molecular weight is 130 g/mol. The van der Waals surface area contributed by atoms with Crippen LogP contribution in [0.25, 0.3) is 0 Å². The number of rotatable bonds is 4. The number of hydrogen-bond donors (Lipinski definition) is 0. The number of allylic oxidation sites excluding steroid dienone is 2. The van der Waals surface area contributed by atoms with Gasteiger partial charge < -0.3 is 0 Å². The molecule has 0 aliphatic carbocycles. The van der Waals surface area contributed by atoms with E-state index >= 15 is 0 Å². The summed E-state index contributed by atoms with van der Waals surface area (Å²) in [5.74, 6) is 0.0310. The van der Waals surface area contributed by atoms with Gasteiger partial charge >= 0.3 is 0 Å². The summed E-state index contributed by atoms with van der Waals surface area (Å²) >= 11 is 0. The minimum atomic E-state index is 0.0310. The first-order valence-corrected chi connectivity index (χ1v) is 3.65. The Bertz CT molecular complexity index is 84.6. The minimum Gasteiger partial charge on any atom is -0.212 e. The topological polar surface area (TPSA) is 0 Å². The van der Waals surface area contributed by atoms with Crippen LogP contribution in [-0.4, -0.2) is 0 Å². The molecule has 0 heterocycles. The molecule has 9 heavy (non-hydrogen) atoms. The van der Waals surface area contributed by atoms with E-state index in [-0.39, 0.29) is 5.83 Å². The van der Waals surface area contributed by atoms with Crippen molar-refractivity contribution in [2.24, 2.45) is 0 Å². The van der Waals surface area contributed by atoms with Gasteiger partial charge in [0.15, 0.2) is 0 Å². The molecule has 0 amide bonds. The predicted octanol–water partition coefficient (Wildman–Crippen LogP) is 3.44. The van der Waals surface area contributed by atoms with Crippen molar-refractivity contribution in [3.05, 3.63) is 11.9 Å². The average Bonchev–Trinajstić information content (AvgIpc) is 1.89. The molecule has 0 spiro atoms. The van der Waals surface area contributed by atoms with E-state index in [1.807, 2.05) is 6.92 Å². The molecule has 0 aliphatic heterocycles. The molecule has 0 nitrogen and oxygen atoms in total. The lowest BCUT2D eigenvalue weighted by atomic mass is 10.2. The van der Waals surface area contributed by atoms with Crippen LogP contribution in [0.4, 0.5) is 4.39 Å². The summed E-state index contributed by atoms with van der Waals surface area (Å²) in [6.07, 6.45) is 5.38. The molecule has 0 radical (unpaired) electrons. The van der Waals surface area contributed by atoms with E-state index in [1.54, 1.807) is 6.08 Å². The lowest BCUT2D eigenvalue weighted by molar-refractivity contribution is 0.594. The molecular formula is C8H15F. The Kier molecular flexibility index (Phi) is 5.59.